The highest BCUT2D eigenvalue weighted by Crippen LogP contribution is 2.43. The van der Waals surface area contributed by atoms with Gasteiger partial charge in [0.15, 0.2) is 0 Å². The molecule has 1 aromatic heterocycles. The van der Waals surface area contributed by atoms with E-state index in [0.717, 1.165) is 39.3 Å². The second-order valence-electron chi connectivity index (χ2n) is 9.00. The van der Waals surface area contributed by atoms with Crippen molar-refractivity contribution in [3.05, 3.63) is 142 Å². The van der Waals surface area contributed by atoms with Gasteiger partial charge in [0.2, 0.25) is 0 Å². The summed E-state index contributed by atoms with van der Waals surface area (Å²) in [5, 5.41) is 8.26. The zero-order chi connectivity index (χ0) is 25.2. The Morgan fingerprint density at radius 2 is 1.51 bits per heavy atom. The quantitative estimate of drug-likeness (QED) is 0.258. The van der Waals surface area contributed by atoms with E-state index in [1.807, 2.05) is 114 Å². The van der Waals surface area contributed by atoms with E-state index in [2.05, 4.69) is 10.2 Å². The second-order valence-corrected chi connectivity index (χ2v) is 9.40. The fraction of sp³-hybridized carbons (Fsp3) is 0.0968. The fourth-order valence-corrected chi connectivity index (χ4v) is 5.02. The number of aromatic nitrogens is 2. The number of nitrogens with one attached hydrogen (secondary N) is 1. The average molecular weight is 506 g/mol. The van der Waals surface area contributed by atoms with Crippen molar-refractivity contribution in [1.29, 1.82) is 0 Å². The number of hydrogen-bond acceptors (Lipinski definition) is 3. The molecule has 5 nitrogen and oxygen atoms in total. The van der Waals surface area contributed by atoms with Crippen molar-refractivity contribution in [3.63, 3.8) is 0 Å². The van der Waals surface area contributed by atoms with E-state index < -0.39 is 0 Å². The molecule has 4 aromatic carbocycles. The standard InChI is InChI=1S/C31H24ClN3O2/c32-26-14-8-7-13-24(26)20-37-25-17-15-23(16-18-25)30-27-28(22-11-5-2-6-12-22)33-34-29(27)31(36)35(30)19-21-9-3-1-4-10-21/h1-18,30H,19-20H2,(H,33,34). The summed E-state index contributed by atoms with van der Waals surface area (Å²) in [5.41, 5.74) is 6.20. The molecule has 0 radical (unpaired) electrons. The lowest BCUT2D eigenvalue weighted by Gasteiger charge is -2.26. The molecule has 1 N–H and O–H groups in total. The lowest BCUT2D eigenvalue weighted by Crippen LogP contribution is -2.29. The van der Waals surface area contributed by atoms with Crippen LogP contribution in [0.2, 0.25) is 5.02 Å². The molecular formula is C31H24ClN3O2. The molecule has 0 saturated heterocycles. The van der Waals surface area contributed by atoms with Gasteiger partial charge in [-0.2, -0.15) is 5.10 Å². The number of hydrogen-bond donors (Lipinski definition) is 1. The van der Waals surface area contributed by atoms with E-state index >= 15 is 0 Å². The van der Waals surface area contributed by atoms with Gasteiger partial charge in [0.1, 0.15) is 18.1 Å². The van der Waals surface area contributed by atoms with Crippen LogP contribution in [0.15, 0.2) is 109 Å². The molecule has 5 aromatic rings. The minimum atomic E-state index is -0.283. The van der Waals surface area contributed by atoms with Crippen molar-refractivity contribution in [3.8, 4) is 17.0 Å². The Bertz CT molecular complexity index is 1530. The Kier molecular flexibility index (Phi) is 6.21. The Hall–Kier alpha value is -4.35. The summed E-state index contributed by atoms with van der Waals surface area (Å²) >= 11 is 6.27. The normalized spacial score (nSPS) is 14.6. The van der Waals surface area contributed by atoms with Crippen molar-refractivity contribution in [2.24, 2.45) is 0 Å². The molecule has 2 heterocycles. The molecule has 182 valence electrons. The molecule has 0 bridgehead atoms. The van der Waals surface area contributed by atoms with Crippen molar-refractivity contribution in [2.75, 3.05) is 0 Å². The van der Waals surface area contributed by atoms with E-state index in [-0.39, 0.29) is 11.9 Å². The fourth-order valence-electron chi connectivity index (χ4n) is 4.83. The number of benzene rings is 4. The number of fused-ring (bicyclic) bond motifs is 1. The number of H-pyrrole nitrogens is 1. The molecular weight excluding hydrogens is 482 g/mol. The largest absolute Gasteiger partial charge is 0.489 e. The minimum absolute atomic E-state index is 0.0578. The third-order valence-corrected chi connectivity index (χ3v) is 7.02. The number of aromatic amines is 1. The summed E-state index contributed by atoms with van der Waals surface area (Å²) in [6, 6.07) is 35.3. The van der Waals surface area contributed by atoms with Gasteiger partial charge < -0.3 is 9.64 Å². The van der Waals surface area contributed by atoms with Crippen LogP contribution in [-0.4, -0.2) is 21.0 Å². The summed E-state index contributed by atoms with van der Waals surface area (Å²) in [4.78, 5) is 15.5. The van der Waals surface area contributed by atoms with Gasteiger partial charge in [-0.25, -0.2) is 0 Å². The van der Waals surface area contributed by atoms with Crippen molar-refractivity contribution in [1.82, 2.24) is 15.1 Å². The molecule has 1 atom stereocenters. The first-order valence-electron chi connectivity index (χ1n) is 12.1. The maximum absolute atomic E-state index is 13.6. The summed E-state index contributed by atoms with van der Waals surface area (Å²) in [7, 11) is 0. The topological polar surface area (TPSA) is 58.2 Å². The van der Waals surface area contributed by atoms with Crippen LogP contribution in [0, 0.1) is 0 Å². The number of halogens is 1. The molecule has 6 rings (SSSR count). The summed E-state index contributed by atoms with van der Waals surface area (Å²) in [5.74, 6) is 0.677. The predicted molar refractivity (Wildman–Crippen MR) is 144 cm³/mol. The molecule has 1 aliphatic heterocycles. The number of rotatable bonds is 7. The van der Waals surface area contributed by atoms with E-state index in [4.69, 9.17) is 16.3 Å². The van der Waals surface area contributed by atoms with Crippen LogP contribution in [0.1, 0.15) is 38.8 Å². The molecule has 0 fully saturated rings. The second kappa shape index (κ2) is 9.96. The molecule has 0 aliphatic carbocycles. The summed E-state index contributed by atoms with van der Waals surface area (Å²) < 4.78 is 6.00. The van der Waals surface area contributed by atoms with Crippen LogP contribution >= 0.6 is 11.6 Å². The zero-order valence-corrected chi connectivity index (χ0v) is 20.7. The van der Waals surface area contributed by atoms with Crippen LogP contribution in [0.3, 0.4) is 0 Å². The van der Waals surface area contributed by atoms with Crippen LogP contribution in [-0.2, 0) is 13.2 Å². The first-order chi connectivity index (χ1) is 18.2. The van der Waals surface area contributed by atoms with E-state index in [9.17, 15) is 4.79 Å². The van der Waals surface area contributed by atoms with Crippen LogP contribution in [0.25, 0.3) is 11.3 Å². The number of nitrogens with zero attached hydrogens (tertiary/aromatic N) is 2. The highest BCUT2D eigenvalue weighted by molar-refractivity contribution is 6.31. The van der Waals surface area contributed by atoms with Crippen molar-refractivity contribution >= 4 is 17.5 Å². The van der Waals surface area contributed by atoms with Gasteiger partial charge in [-0.15, -0.1) is 0 Å². The lowest BCUT2D eigenvalue weighted by atomic mass is 9.96. The molecule has 0 spiro atoms. The van der Waals surface area contributed by atoms with Gasteiger partial charge in [-0.1, -0.05) is 103 Å². The summed E-state index contributed by atoms with van der Waals surface area (Å²) in [6.45, 7) is 0.872. The third-order valence-electron chi connectivity index (χ3n) is 6.65. The Morgan fingerprint density at radius 3 is 2.24 bits per heavy atom. The van der Waals surface area contributed by atoms with Gasteiger partial charge >= 0.3 is 0 Å². The highest BCUT2D eigenvalue weighted by atomic mass is 35.5. The van der Waals surface area contributed by atoms with Crippen LogP contribution < -0.4 is 4.74 Å². The number of ether oxygens (including phenoxy) is 1. The molecule has 1 amide bonds. The lowest BCUT2D eigenvalue weighted by molar-refractivity contribution is 0.0730. The van der Waals surface area contributed by atoms with Gasteiger partial charge in [0.05, 0.1) is 11.7 Å². The Balaban J connectivity index is 1.35. The van der Waals surface area contributed by atoms with Gasteiger partial charge in [-0.3, -0.25) is 9.89 Å². The smallest absolute Gasteiger partial charge is 0.273 e. The predicted octanol–water partition coefficient (Wildman–Crippen LogP) is 7.05. The van der Waals surface area contributed by atoms with E-state index in [1.54, 1.807) is 0 Å². The van der Waals surface area contributed by atoms with Crippen molar-refractivity contribution < 1.29 is 9.53 Å². The Labute approximate surface area is 220 Å². The maximum atomic E-state index is 13.6. The summed E-state index contributed by atoms with van der Waals surface area (Å²) in [6.07, 6.45) is 0. The first-order valence-corrected chi connectivity index (χ1v) is 12.5. The Morgan fingerprint density at radius 1 is 0.838 bits per heavy atom. The highest BCUT2D eigenvalue weighted by Gasteiger charge is 2.42. The number of amides is 1. The average Bonchev–Trinajstić information content (AvgIpc) is 3.49. The molecule has 37 heavy (non-hydrogen) atoms. The van der Waals surface area contributed by atoms with E-state index in [0.29, 0.717) is 23.9 Å². The molecule has 0 saturated carbocycles. The number of carbonyl (C=O) groups excluding carboxylic acids is 1. The molecule has 6 heteroatoms. The maximum Gasteiger partial charge on any atom is 0.273 e. The van der Waals surface area contributed by atoms with Gasteiger partial charge in [0, 0.05) is 28.3 Å². The monoisotopic (exact) mass is 505 g/mol. The molecule has 1 unspecified atom stereocenters. The molecule has 1 aliphatic rings. The minimum Gasteiger partial charge on any atom is -0.489 e. The third kappa shape index (κ3) is 4.50. The van der Waals surface area contributed by atoms with Crippen molar-refractivity contribution in [2.45, 2.75) is 19.2 Å². The van der Waals surface area contributed by atoms with Crippen LogP contribution in [0.4, 0.5) is 0 Å². The SMILES string of the molecule is O=C1c2[nH]nc(-c3ccccc3)c2C(c2ccc(OCc3ccccc3Cl)cc2)N1Cc1ccccc1. The zero-order valence-electron chi connectivity index (χ0n) is 20.0. The van der Waals surface area contributed by atoms with Gasteiger partial charge in [-0.05, 0) is 29.3 Å². The van der Waals surface area contributed by atoms with Gasteiger partial charge in [0.25, 0.3) is 5.91 Å². The van der Waals surface area contributed by atoms with E-state index in [1.165, 1.54) is 0 Å². The first kappa shape index (κ1) is 23.1. The number of carbonyl (C=O) groups is 1. The van der Waals surface area contributed by atoms with Crippen LogP contribution in [0.5, 0.6) is 5.75 Å².